The number of benzene rings is 2. The SMILES string of the molecule is O=S(=O)(c1cccc(F)c1)c1ccc2c(c1)CCCC2CNS(=O)(=O)C(F)(F)F. The van der Waals surface area contributed by atoms with Crippen LogP contribution in [-0.2, 0) is 26.3 Å². The van der Waals surface area contributed by atoms with Gasteiger partial charge in [-0.25, -0.2) is 25.9 Å². The Hall–Kier alpha value is -1.98. The Bertz CT molecular complexity index is 1130. The van der Waals surface area contributed by atoms with Crippen molar-refractivity contribution in [2.24, 2.45) is 0 Å². The predicted molar refractivity (Wildman–Crippen MR) is 97.0 cm³/mol. The lowest BCUT2D eigenvalue weighted by Gasteiger charge is -2.26. The highest BCUT2D eigenvalue weighted by molar-refractivity contribution is 7.91. The maximum absolute atomic E-state index is 13.4. The number of aryl methyl sites for hydroxylation is 1. The van der Waals surface area contributed by atoms with Gasteiger partial charge in [-0.05, 0) is 66.6 Å². The molecular weight excluding hydrogens is 434 g/mol. The summed E-state index contributed by atoms with van der Waals surface area (Å²) in [6.07, 6.45) is 1.53. The monoisotopic (exact) mass is 451 g/mol. The molecule has 2 aromatic rings. The first-order valence-corrected chi connectivity index (χ1v) is 11.6. The minimum Gasteiger partial charge on any atom is -0.219 e. The van der Waals surface area contributed by atoms with Crippen molar-refractivity contribution >= 4 is 19.9 Å². The molecular formula is C18H17F4NO4S2. The van der Waals surface area contributed by atoms with Gasteiger partial charge in [0.2, 0.25) is 9.84 Å². The molecule has 0 aromatic heterocycles. The highest BCUT2D eigenvalue weighted by atomic mass is 32.2. The van der Waals surface area contributed by atoms with Crippen LogP contribution in [0.15, 0.2) is 52.3 Å². The number of halogens is 4. The summed E-state index contributed by atoms with van der Waals surface area (Å²) in [5.74, 6) is -1.21. The Morgan fingerprint density at radius 1 is 1.00 bits per heavy atom. The summed E-state index contributed by atoms with van der Waals surface area (Å²) in [5.41, 5.74) is -4.18. The summed E-state index contributed by atoms with van der Waals surface area (Å²) < 4.78 is 100. The van der Waals surface area contributed by atoms with Crippen LogP contribution in [0.2, 0.25) is 0 Å². The van der Waals surface area contributed by atoms with Gasteiger partial charge in [-0.1, -0.05) is 12.1 Å². The van der Waals surface area contributed by atoms with Crippen molar-refractivity contribution in [3.8, 4) is 0 Å². The van der Waals surface area contributed by atoms with Gasteiger partial charge in [0.25, 0.3) is 0 Å². The van der Waals surface area contributed by atoms with E-state index in [1.54, 1.807) is 4.72 Å². The second kappa shape index (κ2) is 7.69. The number of nitrogens with one attached hydrogen (secondary N) is 1. The van der Waals surface area contributed by atoms with Gasteiger partial charge >= 0.3 is 15.5 Å². The maximum atomic E-state index is 13.4. The second-order valence-electron chi connectivity index (χ2n) is 6.71. The zero-order valence-corrected chi connectivity index (χ0v) is 16.5. The largest absolute Gasteiger partial charge is 0.511 e. The molecule has 158 valence electrons. The van der Waals surface area contributed by atoms with E-state index in [1.165, 1.54) is 30.3 Å². The number of hydrogen-bond acceptors (Lipinski definition) is 4. The minimum absolute atomic E-state index is 0.0571. The third-order valence-electron chi connectivity index (χ3n) is 4.79. The van der Waals surface area contributed by atoms with E-state index in [4.69, 9.17) is 0 Å². The Kier molecular flexibility index (Phi) is 5.76. The first-order chi connectivity index (χ1) is 13.4. The van der Waals surface area contributed by atoms with Gasteiger partial charge < -0.3 is 0 Å². The van der Waals surface area contributed by atoms with Crippen molar-refractivity contribution in [1.82, 2.24) is 4.72 Å². The maximum Gasteiger partial charge on any atom is 0.511 e. The van der Waals surface area contributed by atoms with Crippen LogP contribution in [0, 0.1) is 5.82 Å². The Morgan fingerprint density at radius 3 is 2.34 bits per heavy atom. The van der Waals surface area contributed by atoms with Gasteiger partial charge in [0, 0.05) is 6.54 Å². The van der Waals surface area contributed by atoms with E-state index in [0.29, 0.717) is 30.4 Å². The lowest BCUT2D eigenvalue weighted by atomic mass is 9.83. The summed E-state index contributed by atoms with van der Waals surface area (Å²) in [6, 6.07) is 8.78. The van der Waals surface area contributed by atoms with E-state index in [-0.39, 0.29) is 9.79 Å². The second-order valence-corrected chi connectivity index (χ2v) is 10.4. The molecule has 0 bridgehead atoms. The van der Waals surface area contributed by atoms with Crippen LogP contribution in [0.1, 0.15) is 29.9 Å². The van der Waals surface area contributed by atoms with Crippen LogP contribution in [0.4, 0.5) is 17.6 Å². The fourth-order valence-electron chi connectivity index (χ4n) is 3.33. The lowest BCUT2D eigenvalue weighted by Crippen LogP contribution is -2.39. The van der Waals surface area contributed by atoms with Crippen LogP contribution in [0.25, 0.3) is 0 Å². The third-order valence-corrected chi connectivity index (χ3v) is 7.70. The number of hydrogen-bond donors (Lipinski definition) is 1. The molecule has 1 atom stereocenters. The quantitative estimate of drug-likeness (QED) is 0.706. The van der Waals surface area contributed by atoms with Gasteiger partial charge in [-0.15, -0.1) is 0 Å². The molecule has 1 aliphatic rings. The van der Waals surface area contributed by atoms with E-state index in [1.807, 2.05) is 0 Å². The van der Waals surface area contributed by atoms with Gasteiger partial charge in [-0.3, -0.25) is 0 Å². The van der Waals surface area contributed by atoms with Gasteiger partial charge in [0.15, 0.2) is 0 Å². The van der Waals surface area contributed by atoms with E-state index >= 15 is 0 Å². The number of fused-ring (bicyclic) bond motifs is 1. The normalized spacial score (nSPS) is 17.7. The summed E-state index contributed by atoms with van der Waals surface area (Å²) in [7, 11) is -9.42. The minimum atomic E-state index is -5.45. The number of alkyl halides is 3. The van der Waals surface area contributed by atoms with Crippen LogP contribution >= 0.6 is 0 Å². The molecule has 0 fully saturated rings. The Labute approximate surface area is 165 Å². The molecule has 2 aromatic carbocycles. The van der Waals surface area contributed by atoms with Gasteiger partial charge in [0.1, 0.15) is 5.82 Å². The first-order valence-electron chi connectivity index (χ1n) is 8.61. The third kappa shape index (κ3) is 4.46. The van der Waals surface area contributed by atoms with E-state index in [0.717, 1.165) is 12.1 Å². The molecule has 0 heterocycles. The molecule has 1 N–H and O–H groups in total. The van der Waals surface area contributed by atoms with Crippen molar-refractivity contribution in [3.05, 3.63) is 59.4 Å². The fraction of sp³-hybridized carbons (Fsp3) is 0.333. The summed E-state index contributed by atoms with van der Waals surface area (Å²) in [4.78, 5) is -0.263. The molecule has 5 nitrogen and oxygen atoms in total. The van der Waals surface area contributed by atoms with Crippen molar-refractivity contribution < 1.29 is 34.4 Å². The van der Waals surface area contributed by atoms with Crippen molar-refractivity contribution in [2.45, 2.75) is 40.5 Å². The Morgan fingerprint density at radius 2 is 1.69 bits per heavy atom. The molecule has 0 spiro atoms. The molecule has 3 rings (SSSR count). The van der Waals surface area contributed by atoms with Gasteiger partial charge in [0.05, 0.1) is 9.79 Å². The van der Waals surface area contributed by atoms with E-state index in [9.17, 15) is 34.4 Å². The smallest absolute Gasteiger partial charge is 0.219 e. The molecule has 1 aliphatic carbocycles. The zero-order valence-electron chi connectivity index (χ0n) is 14.9. The van der Waals surface area contributed by atoms with Crippen molar-refractivity contribution in [3.63, 3.8) is 0 Å². The number of sulfone groups is 1. The average Bonchev–Trinajstić information content (AvgIpc) is 2.65. The molecule has 0 amide bonds. The number of sulfonamides is 1. The van der Waals surface area contributed by atoms with E-state index < -0.39 is 43.6 Å². The predicted octanol–water partition coefficient (Wildman–Crippen LogP) is 3.52. The molecule has 0 aliphatic heterocycles. The summed E-state index contributed by atoms with van der Waals surface area (Å²) in [6.45, 7) is -0.440. The highest BCUT2D eigenvalue weighted by Gasteiger charge is 2.45. The van der Waals surface area contributed by atoms with Gasteiger partial charge in [-0.2, -0.15) is 13.2 Å². The summed E-state index contributed by atoms with van der Waals surface area (Å²) >= 11 is 0. The molecule has 29 heavy (non-hydrogen) atoms. The van der Waals surface area contributed by atoms with Crippen LogP contribution in [0.3, 0.4) is 0 Å². The standard InChI is InChI=1S/C18H17F4NO4S2/c19-14-5-2-6-15(10-14)28(24,25)16-7-8-17-12(9-16)3-1-4-13(17)11-23-29(26,27)18(20,21)22/h2,5-10,13,23H,1,3-4,11H2. The van der Waals surface area contributed by atoms with E-state index in [2.05, 4.69) is 0 Å². The highest BCUT2D eigenvalue weighted by Crippen LogP contribution is 2.34. The molecule has 0 saturated heterocycles. The topological polar surface area (TPSA) is 80.3 Å². The lowest BCUT2D eigenvalue weighted by molar-refractivity contribution is -0.0448. The first kappa shape index (κ1) is 21.7. The average molecular weight is 451 g/mol. The van der Waals surface area contributed by atoms with Crippen molar-refractivity contribution in [1.29, 1.82) is 0 Å². The fourth-order valence-corrected chi connectivity index (χ4v) is 5.26. The summed E-state index contributed by atoms with van der Waals surface area (Å²) in [5, 5.41) is 0. The molecule has 0 saturated carbocycles. The van der Waals surface area contributed by atoms with Crippen molar-refractivity contribution in [2.75, 3.05) is 6.54 Å². The molecule has 0 radical (unpaired) electrons. The zero-order chi connectivity index (χ0) is 21.4. The van der Waals surface area contributed by atoms with Crippen LogP contribution in [0.5, 0.6) is 0 Å². The molecule has 11 heteroatoms. The van der Waals surface area contributed by atoms with Crippen LogP contribution < -0.4 is 4.72 Å². The Balaban J connectivity index is 1.88. The molecule has 1 unspecified atom stereocenters. The number of rotatable bonds is 5. The van der Waals surface area contributed by atoms with Crippen LogP contribution in [-0.4, -0.2) is 28.9 Å².